The summed E-state index contributed by atoms with van der Waals surface area (Å²) in [6, 6.07) is 17.9. The van der Waals surface area contributed by atoms with Gasteiger partial charge in [0.25, 0.3) is 0 Å². The first-order valence-electron chi connectivity index (χ1n) is 11.1. The molecule has 3 aromatic rings. The number of benzene rings is 2. The quantitative estimate of drug-likeness (QED) is 0.534. The van der Waals surface area contributed by atoms with E-state index in [4.69, 9.17) is 9.47 Å². The van der Waals surface area contributed by atoms with E-state index >= 15 is 0 Å². The summed E-state index contributed by atoms with van der Waals surface area (Å²) in [5.74, 6) is 1.01. The van der Waals surface area contributed by atoms with Crippen LogP contribution in [-0.2, 0) is 4.79 Å². The van der Waals surface area contributed by atoms with E-state index in [-0.39, 0.29) is 18.4 Å². The number of aromatic nitrogens is 1. The van der Waals surface area contributed by atoms with Crippen molar-refractivity contribution in [3.05, 3.63) is 95.2 Å². The molecule has 0 spiro atoms. The molecule has 2 aromatic carbocycles. The predicted molar refractivity (Wildman–Crippen MR) is 123 cm³/mol. The summed E-state index contributed by atoms with van der Waals surface area (Å²) in [7, 11) is 0. The number of ketones is 1. The largest absolute Gasteiger partial charge is 0.454 e. The van der Waals surface area contributed by atoms with Crippen LogP contribution in [0.3, 0.4) is 0 Å². The highest BCUT2D eigenvalue weighted by molar-refractivity contribution is 6.03. The fourth-order valence-corrected chi connectivity index (χ4v) is 5.07. The van der Waals surface area contributed by atoms with Crippen molar-refractivity contribution in [2.75, 3.05) is 11.7 Å². The average Bonchev–Trinajstić information content (AvgIpc) is 3.55. The van der Waals surface area contributed by atoms with Gasteiger partial charge in [0.15, 0.2) is 17.3 Å². The molecule has 2 aliphatic heterocycles. The Kier molecular flexibility index (Phi) is 4.73. The summed E-state index contributed by atoms with van der Waals surface area (Å²) in [5, 5.41) is 10.5. The van der Waals surface area contributed by atoms with Gasteiger partial charge in [0, 0.05) is 35.8 Å². The van der Waals surface area contributed by atoms with E-state index in [0.29, 0.717) is 53.4 Å². The molecule has 3 heterocycles. The van der Waals surface area contributed by atoms with E-state index in [9.17, 15) is 14.4 Å². The Labute approximate surface area is 195 Å². The number of halogens is 1. The van der Waals surface area contributed by atoms with E-state index in [1.807, 2.05) is 52.2 Å². The van der Waals surface area contributed by atoms with Crippen molar-refractivity contribution >= 4 is 17.3 Å². The highest BCUT2D eigenvalue weighted by Crippen LogP contribution is 2.49. The highest BCUT2D eigenvalue weighted by atomic mass is 19.1. The van der Waals surface area contributed by atoms with Crippen LogP contribution in [0.2, 0.25) is 0 Å². The van der Waals surface area contributed by atoms with Gasteiger partial charge in [-0.1, -0.05) is 6.07 Å². The minimum absolute atomic E-state index is 0.0235. The molecule has 34 heavy (non-hydrogen) atoms. The number of nitrogens with zero attached hydrogens (tertiary/aromatic N) is 3. The number of hydrogen-bond donors (Lipinski definition) is 0. The predicted octanol–water partition coefficient (Wildman–Crippen LogP) is 5.36. The normalized spacial score (nSPS) is 19.4. The van der Waals surface area contributed by atoms with Gasteiger partial charge in [0.05, 0.1) is 17.6 Å². The fraction of sp³-hybridized carbons (Fsp3) is 0.185. The maximum absolute atomic E-state index is 13.8. The molecule has 0 saturated heterocycles. The number of fused-ring (bicyclic) bond motifs is 1. The number of ether oxygens (including phenoxy) is 2. The highest BCUT2D eigenvalue weighted by Gasteiger charge is 2.42. The molecule has 1 atom stereocenters. The van der Waals surface area contributed by atoms with Crippen LogP contribution in [0.1, 0.15) is 30.7 Å². The third-order valence-electron chi connectivity index (χ3n) is 6.51. The standard InChI is InChI=1S/C27H20FN3O3/c28-18-7-9-19(10-8-18)31-21-4-3-5-22(32)26(21)25(17-6-11-23-24(14-17)34-16-33-23)20(15-29)27(31)30-12-1-2-13-30/h1-2,6-14,25H,3-5,16H2/t25-/m0/s1. The molecule has 7 heteroatoms. The third kappa shape index (κ3) is 3.11. The zero-order valence-corrected chi connectivity index (χ0v) is 18.2. The summed E-state index contributed by atoms with van der Waals surface area (Å²) in [6.07, 6.45) is 5.55. The molecule has 0 unspecified atom stereocenters. The summed E-state index contributed by atoms with van der Waals surface area (Å²) in [5.41, 5.74) is 3.39. The number of nitriles is 1. The fourth-order valence-electron chi connectivity index (χ4n) is 5.07. The van der Waals surface area contributed by atoms with Gasteiger partial charge in [0.2, 0.25) is 6.79 Å². The van der Waals surface area contributed by atoms with Gasteiger partial charge in [0.1, 0.15) is 11.6 Å². The van der Waals surface area contributed by atoms with Gasteiger partial charge in [-0.15, -0.1) is 0 Å². The van der Waals surface area contributed by atoms with Crippen LogP contribution in [0.25, 0.3) is 5.82 Å². The SMILES string of the molecule is N#CC1=C(n2cccc2)N(c2ccc(F)cc2)C2=C(C(=O)CCC2)[C@H]1c1ccc2c(c1)OCO2. The van der Waals surface area contributed by atoms with Gasteiger partial charge in [-0.05, 0) is 66.9 Å². The van der Waals surface area contributed by atoms with Crippen LogP contribution in [0, 0.1) is 17.1 Å². The first-order valence-corrected chi connectivity index (χ1v) is 11.1. The molecule has 168 valence electrons. The molecule has 0 saturated carbocycles. The molecule has 0 bridgehead atoms. The van der Waals surface area contributed by atoms with Crippen LogP contribution in [0.5, 0.6) is 11.5 Å². The van der Waals surface area contributed by atoms with Crippen LogP contribution < -0.4 is 14.4 Å². The second-order valence-corrected chi connectivity index (χ2v) is 8.43. The van der Waals surface area contributed by atoms with Crippen molar-refractivity contribution in [1.29, 1.82) is 5.26 Å². The Morgan fingerprint density at radius 3 is 2.53 bits per heavy atom. The summed E-state index contributed by atoms with van der Waals surface area (Å²) >= 11 is 0. The van der Waals surface area contributed by atoms with E-state index in [0.717, 1.165) is 11.3 Å². The summed E-state index contributed by atoms with van der Waals surface area (Å²) in [4.78, 5) is 15.3. The van der Waals surface area contributed by atoms with E-state index in [1.165, 1.54) is 12.1 Å². The second kappa shape index (κ2) is 7.92. The number of anilines is 1. The third-order valence-corrected chi connectivity index (χ3v) is 6.51. The number of hydrogen-bond acceptors (Lipinski definition) is 5. The number of rotatable bonds is 3. The first kappa shape index (κ1) is 20.3. The average molecular weight is 453 g/mol. The van der Waals surface area contributed by atoms with Crippen molar-refractivity contribution in [3.63, 3.8) is 0 Å². The molecule has 0 N–H and O–H groups in total. The molecule has 3 aliphatic rings. The first-order chi connectivity index (χ1) is 16.7. The van der Waals surface area contributed by atoms with Crippen molar-refractivity contribution in [2.24, 2.45) is 0 Å². The van der Waals surface area contributed by atoms with Crippen molar-refractivity contribution < 1.29 is 18.7 Å². The Balaban J connectivity index is 1.64. The van der Waals surface area contributed by atoms with E-state index < -0.39 is 5.92 Å². The molecule has 0 radical (unpaired) electrons. The lowest BCUT2D eigenvalue weighted by Gasteiger charge is -2.41. The van der Waals surface area contributed by atoms with Crippen molar-refractivity contribution in [3.8, 4) is 17.6 Å². The molecule has 0 fully saturated rings. The van der Waals surface area contributed by atoms with Crippen LogP contribution in [0.15, 0.2) is 83.8 Å². The zero-order chi connectivity index (χ0) is 23.2. The topological polar surface area (TPSA) is 67.5 Å². The molecular formula is C27H20FN3O3. The van der Waals surface area contributed by atoms with Crippen LogP contribution in [-0.4, -0.2) is 17.1 Å². The lowest BCUT2D eigenvalue weighted by atomic mass is 9.75. The molecular weight excluding hydrogens is 433 g/mol. The number of Topliss-reactive ketones (excluding diaryl/α,β-unsaturated/α-hetero) is 1. The minimum atomic E-state index is -0.545. The minimum Gasteiger partial charge on any atom is -0.454 e. The summed E-state index contributed by atoms with van der Waals surface area (Å²) < 4.78 is 26.7. The number of carbonyl (C=O) groups is 1. The van der Waals surface area contributed by atoms with E-state index in [2.05, 4.69) is 6.07 Å². The van der Waals surface area contributed by atoms with Gasteiger partial charge in [-0.3, -0.25) is 9.69 Å². The molecule has 1 aliphatic carbocycles. The van der Waals surface area contributed by atoms with Crippen molar-refractivity contribution in [2.45, 2.75) is 25.2 Å². The maximum Gasteiger partial charge on any atom is 0.231 e. The van der Waals surface area contributed by atoms with Crippen LogP contribution >= 0.6 is 0 Å². The van der Waals surface area contributed by atoms with E-state index in [1.54, 1.807) is 12.1 Å². The zero-order valence-electron chi connectivity index (χ0n) is 18.2. The number of carbonyl (C=O) groups excluding carboxylic acids is 1. The second-order valence-electron chi connectivity index (χ2n) is 8.43. The smallest absolute Gasteiger partial charge is 0.231 e. The Bertz CT molecular complexity index is 1400. The van der Waals surface area contributed by atoms with Gasteiger partial charge < -0.3 is 14.0 Å². The molecule has 1 aromatic heterocycles. The Hall–Kier alpha value is -4.31. The Morgan fingerprint density at radius 2 is 1.76 bits per heavy atom. The Morgan fingerprint density at radius 1 is 1.00 bits per heavy atom. The lowest BCUT2D eigenvalue weighted by Crippen LogP contribution is -2.36. The van der Waals surface area contributed by atoms with Gasteiger partial charge in [-0.2, -0.15) is 5.26 Å². The summed E-state index contributed by atoms with van der Waals surface area (Å²) in [6.45, 7) is 0.143. The van der Waals surface area contributed by atoms with Gasteiger partial charge >= 0.3 is 0 Å². The van der Waals surface area contributed by atoms with Gasteiger partial charge in [-0.25, -0.2) is 4.39 Å². The van der Waals surface area contributed by atoms with Crippen molar-refractivity contribution in [1.82, 2.24) is 4.57 Å². The maximum atomic E-state index is 13.8. The monoisotopic (exact) mass is 453 g/mol. The van der Waals surface area contributed by atoms with Crippen LogP contribution in [0.4, 0.5) is 10.1 Å². The molecule has 0 amide bonds. The molecule has 6 nitrogen and oxygen atoms in total. The number of allylic oxidation sites excluding steroid dienone is 3. The molecule has 6 rings (SSSR count). The lowest BCUT2D eigenvalue weighted by molar-refractivity contribution is -0.116.